The molecular weight excluding hydrogens is 398 g/mol. The van der Waals surface area contributed by atoms with Crippen LogP contribution in [0, 0.1) is 13.8 Å². The minimum absolute atomic E-state index is 0.180. The highest BCUT2D eigenvalue weighted by Crippen LogP contribution is 2.19. The van der Waals surface area contributed by atoms with Crippen molar-refractivity contribution < 1.29 is 19.1 Å². The molecule has 0 aliphatic carbocycles. The van der Waals surface area contributed by atoms with Gasteiger partial charge in [-0.3, -0.25) is 4.79 Å². The second-order valence-electron chi connectivity index (χ2n) is 6.06. The topological polar surface area (TPSA) is 64.6 Å². The number of hydrogen-bond acceptors (Lipinski definition) is 4. The van der Waals surface area contributed by atoms with Crippen molar-refractivity contribution in [3.63, 3.8) is 0 Å². The smallest absolute Gasteiger partial charge is 0.344 e. The summed E-state index contributed by atoms with van der Waals surface area (Å²) in [4.78, 5) is 23.7. The summed E-state index contributed by atoms with van der Waals surface area (Å²) >= 11 is 3.37. The third kappa shape index (κ3) is 6.19. The van der Waals surface area contributed by atoms with E-state index in [0.717, 1.165) is 21.2 Å². The van der Waals surface area contributed by atoms with Crippen molar-refractivity contribution in [2.45, 2.75) is 26.8 Å². The Morgan fingerprint density at radius 2 is 1.77 bits per heavy atom. The number of carbonyl (C=O) groups excluding carboxylic acids is 2. The van der Waals surface area contributed by atoms with Gasteiger partial charge in [-0.15, -0.1) is 0 Å². The van der Waals surface area contributed by atoms with Gasteiger partial charge in [0.2, 0.25) is 0 Å². The Balaban J connectivity index is 1.75. The standard InChI is InChI=1S/C20H22BrNO4/c1-13-4-5-14(2)18(10-13)25-12-20(24)26-11-19(23)22-15(3)16-6-8-17(21)9-7-16/h4-10,15H,11-12H2,1-3H3,(H,22,23)/t15-/m0/s1. The Labute approximate surface area is 161 Å². The first-order valence-electron chi connectivity index (χ1n) is 8.25. The maximum atomic E-state index is 11.9. The molecule has 6 heteroatoms. The predicted octanol–water partition coefficient (Wildman–Crippen LogP) is 3.87. The van der Waals surface area contributed by atoms with Crippen molar-refractivity contribution >= 4 is 27.8 Å². The van der Waals surface area contributed by atoms with Gasteiger partial charge >= 0.3 is 5.97 Å². The van der Waals surface area contributed by atoms with E-state index in [2.05, 4.69) is 21.2 Å². The molecule has 2 rings (SSSR count). The van der Waals surface area contributed by atoms with Gasteiger partial charge in [0.15, 0.2) is 13.2 Å². The highest BCUT2D eigenvalue weighted by atomic mass is 79.9. The van der Waals surface area contributed by atoms with Gasteiger partial charge in [-0.25, -0.2) is 4.79 Å². The molecule has 0 aliphatic heterocycles. The van der Waals surface area contributed by atoms with Crippen molar-refractivity contribution in [2.75, 3.05) is 13.2 Å². The van der Waals surface area contributed by atoms with E-state index in [1.807, 2.05) is 63.2 Å². The summed E-state index contributed by atoms with van der Waals surface area (Å²) in [7, 11) is 0. The van der Waals surface area contributed by atoms with Crippen molar-refractivity contribution in [1.29, 1.82) is 0 Å². The lowest BCUT2D eigenvalue weighted by atomic mass is 10.1. The molecular formula is C20H22BrNO4. The quantitative estimate of drug-likeness (QED) is 0.691. The van der Waals surface area contributed by atoms with Crippen LogP contribution in [0.4, 0.5) is 0 Å². The fraction of sp³-hybridized carbons (Fsp3) is 0.300. The van der Waals surface area contributed by atoms with Gasteiger partial charge in [-0.1, -0.05) is 40.2 Å². The van der Waals surface area contributed by atoms with E-state index in [0.29, 0.717) is 5.75 Å². The number of benzene rings is 2. The van der Waals surface area contributed by atoms with Gasteiger partial charge in [0.05, 0.1) is 6.04 Å². The average molecular weight is 420 g/mol. The number of amides is 1. The van der Waals surface area contributed by atoms with E-state index in [-0.39, 0.29) is 25.2 Å². The van der Waals surface area contributed by atoms with Crippen molar-refractivity contribution in [3.05, 3.63) is 63.6 Å². The first kappa shape index (κ1) is 20.0. The number of ether oxygens (including phenoxy) is 2. The third-order valence-corrected chi connectivity index (χ3v) is 4.33. The first-order chi connectivity index (χ1) is 12.3. The predicted molar refractivity (Wildman–Crippen MR) is 103 cm³/mol. The van der Waals surface area contributed by atoms with E-state index >= 15 is 0 Å². The lowest BCUT2D eigenvalue weighted by Gasteiger charge is -2.15. The summed E-state index contributed by atoms with van der Waals surface area (Å²) in [5.74, 6) is -0.312. The largest absolute Gasteiger partial charge is 0.482 e. The van der Waals surface area contributed by atoms with E-state index in [1.54, 1.807) is 0 Å². The minimum Gasteiger partial charge on any atom is -0.482 e. The molecule has 0 spiro atoms. The number of carbonyl (C=O) groups is 2. The molecule has 2 aromatic carbocycles. The highest BCUT2D eigenvalue weighted by molar-refractivity contribution is 9.10. The van der Waals surface area contributed by atoms with Crippen LogP contribution in [0.1, 0.15) is 29.7 Å². The molecule has 5 nitrogen and oxygen atoms in total. The Hall–Kier alpha value is -2.34. The van der Waals surface area contributed by atoms with Crippen LogP contribution in [0.3, 0.4) is 0 Å². The van der Waals surface area contributed by atoms with Gasteiger partial charge in [0, 0.05) is 4.47 Å². The monoisotopic (exact) mass is 419 g/mol. The fourth-order valence-electron chi connectivity index (χ4n) is 2.31. The lowest BCUT2D eigenvalue weighted by molar-refractivity contribution is -0.150. The molecule has 0 aromatic heterocycles. The van der Waals surface area contributed by atoms with Crippen LogP contribution >= 0.6 is 15.9 Å². The maximum Gasteiger partial charge on any atom is 0.344 e. The van der Waals surface area contributed by atoms with E-state index in [9.17, 15) is 9.59 Å². The maximum absolute atomic E-state index is 11.9. The van der Waals surface area contributed by atoms with Gasteiger partial charge in [-0.2, -0.15) is 0 Å². The van der Waals surface area contributed by atoms with Gasteiger partial charge < -0.3 is 14.8 Å². The Bertz CT molecular complexity index is 774. The second-order valence-corrected chi connectivity index (χ2v) is 6.97. The molecule has 0 unspecified atom stereocenters. The molecule has 2 aromatic rings. The summed E-state index contributed by atoms with van der Waals surface area (Å²) < 4.78 is 11.4. The molecule has 1 atom stereocenters. The van der Waals surface area contributed by atoms with E-state index < -0.39 is 5.97 Å². The van der Waals surface area contributed by atoms with Crippen LogP contribution in [0.2, 0.25) is 0 Å². The van der Waals surface area contributed by atoms with Crippen LogP contribution in [0.15, 0.2) is 46.9 Å². The van der Waals surface area contributed by atoms with Crippen LogP contribution in [-0.2, 0) is 14.3 Å². The molecule has 0 heterocycles. The van der Waals surface area contributed by atoms with E-state index in [1.165, 1.54) is 0 Å². The zero-order chi connectivity index (χ0) is 19.1. The van der Waals surface area contributed by atoms with Crippen LogP contribution in [-0.4, -0.2) is 25.1 Å². The molecule has 26 heavy (non-hydrogen) atoms. The number of rotatable bonds is 7. The van der Waals surface area contributed by atoms with Gasteiger partial charge in [0.1, 0.15) is 5.75 Å². The Morgan fingerprint density at radius 1 is 1.08 bits per heavy atom. The Morgan fingerprint density at radius 3 is 2.46 bits per heavy atom. The third-order valence-electron chi connectivity index (χ3n) is 3.80. The Kier molecular flexibility index (Phi) is 7.21. The molecule has 138 valence electrons. The molecule has 0 bridgehead atoms. The summed E-state index contributed by atoms with van der Waals surface area (Å²) in [5.41, 5.74) is 2.94. The molecule has 1 amide bonds. The van der Waals surface area contributed by atoms with Crippen LogP contribution in [0.25, 0.3) is 0 Å². The fourth-order valence-corrected chi connectivity index (χ4v) is 2.57. The van der Waals surface area contributed by atoms with Crippen molar-refractivity contribution in [1.82, 2.24) is 5.32 Å². The average Bonchev–Trinajstić information content (AvgIpc) is 2.61. The number of hydrogen-bond donors (Lipinski definition) is 1. The number of nitrogens with one attached hydrogen (secondary N) is 1. The van der Waals surface area contributed by atoms with Crippen molar-refractivity contribution in [2.24, 2.45) is 0 Å². The molecule has 0 radical (unpaired) electrons. The normalized spacial score (nSPS) is 11.5. The number of aryl methyl sites for hydroxylation is 2. The lowest BCUT2D eigenvalue weighted by Crippen LogP contribution is -2.31. The molecule has 0 saturated heterocycles. The van der Waals surface area contributed by atoms with E-state index in [4.69, 9.17) is 9.47 Å². The molecule has 0 fully saturated rings. The second kappa shape index (κ2) is 9.38. The highest BCUT2D eigenvalue weighted by Gasteiger charge is 2.13. The summed E-state index contributed by atoms with van der Waals surface area (Å²) in [5, 5.41) is 2.79. The molecule has 1 N–H and O–H groups in total. The summed E-state index contributed by atoms with van der Waals surface area (Å²) in [6.07, 6.45) is 0. The first-order valence-corrected chi connectivity index (χ1v) is 9.05. The van der Waals surface area contributed by atoms with Gasteiger partial charge in [-0.05, 0) is 55.7 Å². The zero-order valence-electron chi connectivity index (χ0n) is 15.0. The van der Waals surface area contributed by atoms with Gasteiger partial charge in [0.25, 0.3) is 5.91 Å². The number of halogens is 1. The molecule has 0 saturated carbocycles. The summed E-state index contributed by atoms with van der Waals surface area (Å²) in [6.45, 7) is 5.14. The molecule has 0 aliphatic rings. The van der Waals surface area contributed by atoms with Crippen LogP contribution in [0.5, 0.6) is 5.75 Å². The minimum atomic E-state index is -0.586. The van der Waals surface area contributed by atoms with Crippen molar-refractivity contribution in [3.8, 4) is 5.75 Å². The SMILES string of the molecule is Cc1ccc(C)c(OCC(=O)OCC(=O)N[C@@H](C)c2ccc(Br)cc2)c1. The summed E-state index contributed by atoms with van der Waals surface area (Å²) in [6, 6.07) is 13.2. The zero-order valence-corrected chi connectivity index (χ0v) is 16.6. The van der Waals surface area contributed by atoms with Crippen LogP contribution < -0.4 is 10.1 Å². The number of esters is 1.